The molecule has 2 aliphatic carbocycles. The zero-order valence-corrected chi connectivity index (χ0v) is 6.59. The van der Waals surface area contributed by atoms with Gasteiger partial charge in [0.2, 0.25) is 0 Å². The zero-order valence-electron chi connectivity index (χ0n) is 6.59. The first-order valence-electron chi connectivity index (χ1n) is 3.98. The molecule has 0 aromatic heterocycles. The van der Waals surface area contributed by atoms with Gasteiger partial charge in [-0.25, -0.2) is 0 Å². The average Bonchev–Trinajstić information content (AvgIpc) is 2.03. The first-order valence-corrected chi connectivity index (χ1v) is 3.98. The van der Waals surface area contributed by atoms with E-state index in [-0.39, 0.29) is 6.10 Å². The zero-order chi connectivity index (χ0) is 7.35. The summed E-state index contributed by atoms with van der Waals surface area (Å²) in [5, 5.41) is 9.41. The van der Waals surface area contributed by atoms with Gasteiger partial charge in [0.05, 0.1) is 6.10 Å². The van der Waals surface area contributed by atoms with Crippen LogP contribution in [-0.2, 0) is 0 Å². The van der Waals surface area contributed by atoms with E-state index in [0.29, 0.717) is 11.3 Å². The van der Waals surface area contributed by atoms with E-state index in [1.54, 1.807) is 0 Å². The lowest BCUT2D eigenvalue weighted by Crippen LogP contribution is -2.47. The number of aliphatic hydroxyl groups excluding tert-OH is 1. The van der Waals surface area contributed by atoms with Gasteiger partial charge in [-0.05, 0) is 25.2 Å². The van der Waals surface area contributed by atoms with Gasteiger partial charge in [0.15, 0.2) is 0 Å². The second-order valence-electron chi connectivity index (χ2n) is 4.06. The summed E-state index contributed by atoms with van der Waals surface area (Å²) in [5.41, 5.74) is 1.84. The quantitative estimate of drug-likeness (QED) is 0.505. The van der Waals surface area contributed by atoms with Gasteiger partial charge in [-0.1, -0.05) is 18.6 Å². The van der Waals surface area contributed by atoms with E-state index < -0.39 is 0 Å². The van der Waals surface area contributed by atoms with Gasteiger partial charge in [-0.15, -0.1) is 0 Å². The van der Waals surface area contributed by atoms with Gasteiger partial charge >= 0.3 is 0 Å². The molecule has 0 amide bonds. The van der Waals surface area contributed by atoms with Crippen LogP contribution < -0.4 is 0 Å². The molecule has 0 aliphatic heterocycles. The lowest BCUT2D eigenvalue weighted by Gasteiger charge is -2.48. The Hall–Kier alpha value is -0.300. The van der Waals surface area contributed by atoms with Crippen molar-refractivity contribution in [1.82, 2.24) is 0 Å². The first-order chi connectivity index (χ1) is 4.63. The smallest absolute Gasteiger partial charge is 0.0616 e. The van der Waals surface area contributed by atoms with Crippen molar-refractivity contribution >= 4 is 0 Å². The molecule has 1 nitrogen and oxygen atoms in total. The molecule has 0 bridgehead atoms. The lowest BCUT2D eigenvalue weighted by molar-refractivity contribution is -0.0655. The van der Waals surface area contributed by atoms with Gasteiger partial charge in [-0.2, -0.15) is 0 Å². The van der Waals surface area contributed by atoms with E-state index in [1.165, 1.54) is 12.0 Å². The third kappa shape index (κ3) is 0.567. The van der Waals surface area contributed by atoms with Crippen LogP contribution in [0.25, 0.3) is 0 Å². The molecule has 0 spiro atoms. The van der Waals surface area contributed by atoms with Crippen LogP contribution >= 0.6 is 0 Å². The van der Waals surface area contributed by atoms with E-state index in [2.05, 4.69) is 19.9 Å². The van der Waals surface area contributed by atoms with Crippen LogP contribution in [0, 0.1) is 11.3 Å². The molecule has 1 heteroatoms. The molecule has 1 saturated carbocycles. The predicted octanol–water partition coefficient (Wildman–Crippen LogP) is 1.72. The summed E-state index contributed by atoms with van der Waals surface area (Å²) in [6, 6.07) is 0. The topological polar surface area (TPSA) is 20.2 Å². The molecular weight excluding hydrogens is 124 g/mol. The van der Waals surface area contributed by atoms with Crippen LogP contribution in [0.5, 0.6) is 0 Å². The summed E-state index contributed by atoms with van der Waals surface area (Å²) in [7, 11) is 0. The molecule has 3 atom stereocenters. The fourth-order valence-electron chi connectivity index (χ4n) is 2.61. The predicted molar refractivity (Wildman–Crippen MR) is 40.6 cm³/mol. The number of hydrogen-bond acceptors (Lipinski definition) is 1. The Morgan fingerprint density at radius 1 is 1.70 bits per heavy atom. The van der Waals surface area contributed by atoms with Crippen molar-refractivity contribution in [1.29, 1.82) is 0 Å². The average molecular weight is 138 g/mol. The SMILES string of the molecule is CC1=CC[C@]2(C)C[C@H](O)[C@H]12. The van der Waals surface area contributed by atoms with E-state index in [9.17, 15) is 5.11 Å². The molecule has 0 aromatic rings. The number of hydrogen-bond donors (Lipinski definition) is 1. The Morgan fingerprint density at radius 3 is 2.80 bits per heavy atom. The summed E-state index contributed by atoms with van der Waals surface area (Å²) < 4.78 is 0. The van der Waals surface area contributed by atoms with Crippen LogP contribution in [0.2, 0.25) is 0 Å². The van der Waals surface area contributed by atoms with Gasteiger partial charge in [0, 0.05) is 5.92 Å². The molecule has 0 saturated heterocycles. The number of fused-ring (bicyclic) bond motifs is 1. The van der Waals surface area contributed by atoms with Crippen LogP contribution in [-0.4, -0.2) is 11.2 Å². The number of aliphatic hydroxyl groups is 1. The Kier molecular flexibility index (Phi) is 1.06. The monoisotopic (exact) mass is 138 g/mol. The molecule has 2 rings (SSSR count). The summed E-state index contributed by atoms with van der Waals surface area (Å²) in [4.78, 5) is 0. The molecule has 1 fully saturated rings. The molecule has 0 heterocycles. The number of rotatable bonds is 0. The molecular formula is C9H14O. The van der Waals surface area contributed by atoms with Crippen molar-refractivity contribution in [3.05, 3.63) is 11.6 Å². The highest BCUT2D eigenvalue weighted by Crippen LogP contribution is 2.56. The minimum atomic E-state index is -0.0382. The van der Waals surface area contributed by atoms with Crippen molar-refractivity contribution in [2.24, 2.45) is 11.3 Å². The summed E-state index contributed by atoms with van der Waals surface area (Å²) in [6.45, 7) is 4.41. The highest BCUT2D eigenvalue weighted by Gasteiger charge is 2.52. The number of allylic oxidation sites excluding steroid dienone is 1. The van der Waals surface area contributed by atoms with Crippen LogP contribution in [0.15, 0.2) is 11.6 Å². The molecule has 1 N–H and O–H groups in total. The van der Waals surface area contributed by atoms with Gasteiger partial charge < -0.3 is 5.11 Å². The van der Waals surface area contributed by atoms with Crippen molar-refractivity contribution in [3.8, 4) is 0 Å². The van der Waals surface area contributed by atoms with Gasteiger partial charge in [0.1, 0.15) is 0 Å². The first kappa shape index (κ1) is 6.41. The molecule has 0 radical (unpaired) electrons. The van der Waals surface area contributed by atoms with E-state index in [1.807, 2.05) is 0 Å². The highest BCUT2D eigenvalue weighted by atomic mass is 16.3. The Morgan fingerprint density at radius 2 is 2.40 bits per heavy atom. The van der Waals surface area contributed by atoms with Crippen LogP contribution in [0.1, 0.15) is 26.7 Å². The molecule has 0 unspecified atom stereocenters. The minimum Gasteiger partial charge on any atom is -0.392 e. The van der Waals surface area contributed by atoms with Crippen LogP contribution in [0.4, 0.5) is 0 Å². The fourth-order valence-corrected chi connectivity index (χ4v) is 2.61. The standard InChI is InChI=1S/C9H14O/c1-6-3-4-9(2)5-7(10)8(6)9/h3,7-8,10H,4-5H2,1-2H3/t7-,8-,9+/m0/s1. The summed E-state index contributed by atoms with van der Waals surface area (Å²) in [5.74, 6) is 0.493. The Bertz CT molecular complexity index is 195. The van der Waals surface area contributed by atoms with E-state index in [0.717, 1.165) is 6.42 Å². The maximum atomic E-state index is 9.41. The summed E-state index contributed by atoms with van der Waals surface area (Å²) >= 11 is 0. The second-order valence-corrected chi connectivity index (χ2v) is 4.06. The van der Waals surface area contributed by atoms with Crippen LogP contribution in [0.3, 0.4) is 0 Å². The normalized spacial score (nSPS) is 51.7. The fraction of sp³-hybridized carbons (Fsp3) is 0.778. The van der Waals surface area contributed by atoms with Gasteiger partial charge in [-0.3, -0.25) is 0 Å². The largest absolute Gasteiger partial charge is 0.392 e. The van der Waals surface area contributed by atoms with Crippen molar-refractivity contribution in [2.75, 3.05) is 0 Å². The van der Waals surface area contributed by atoms with Crippen molar-refractivity contribution < 1.29 is 5.11 Å². The summed E-state index contributed by atoms with van der Waals surface area (Å²) in [6.07, 6.45) is 4.43. The molecule has 10 heavy (non-hydrogen) atoms. The van der Waals surface area contributed by atoms with E-state index >= 15 is 0 Å². The van der Waals surface area contributed by atoms with Gasteiger partial charge in [0.25, 0.3) is 0 Å². The minimum absolute atomic E-state index is 0.0382. The third-order valence-corrected chi connectivity index (χ3v) is 3.19. The third-order valence-electron chi connectivity index (χ3n) is 3.19. The Labute approximate surface area is 61.8 Å². The molecule has 0 aromatic carbocycles. The molecule has 56 valence electrons. The highest BCUT2D eigenvalue weighted by molar-refractivity contribution is 5.24. The lowest BCUT2D eigenvalue weighted by atomic mass is 9.59. The van der Waals surface area contributed by atoms with Crippen molar-refractivity contribution in [3.63, 3.8) is 0 Å². The van der Waals surface area contributed by atoms with E-state index in [4.69, 9.17) is 0 Å². The second kappa shape index (κ2) is 1.65. The maximum absolute atomic E-state index is 9.41. The Balaban J connectivity index is 2.24. The maximum Gasteiger partial charge on any atom is 0.0616 e. The molecule has 2 aliphatic rings. The van der Waals surface area contributed by atoms with Crippen molar-refractivity contribution in [2.45, 2.75) is 32.8 Å².